The number of aliphatic hydroxyl groups is 1. The molecule has 24 heavy (non-hydrogen) atoms. The van der Waals surface area contributed by atoms with Gasteiger partial charge in [-0.3, -0.25) is 9.88 Å². The lowest BCUT2D eigenvalue weighted by Gasteiger charge is -2.34. The van der Waals surface area contributed by atoms with Gasteiger partial charge in [0.1, 0.15) is 11.5 Å². The summed E-state index contributed by atoms with van der Waals surface area (Å²) in [7, 11) is 0. The summed E-state index contributed by atoms with van der Waals surface area (Å²) < 4.78 is 0. The van der Waals surface area contributed by atoms with E-state index in [1.54, 1.807) is 6.20 Å². The number of β-amino-alcohol motifs (C(OH)–C–C–N with tert-alkyl or cyclic N) is 1. The normalized spacial score (nSPS) is 16.0. The fourth-order valence-electron chi connectivity index (χ4n) is 3.07. The number of aliphatic hydroxyl groups excluding tert-OH is 1. The van der Waals surface area contributed by atoms with Crippen molar-refractivity contribution < 1.29 is 5.11 Å². The van der Waals surface area contributed by atoms with Gasteiger partial charge in [0.2, 0.25) is 0 Å². The van der Waals surface area contributed by atoms with Gasteiger partial charge < -0.3 is 15.0 Å². The van der Waals surface area contributed by atoms with E-state index in [1.807, 2.05) is 24.7 Å². The van der Waals surface area contributed by atoms with Crippen molar-refractivity contribution in [1.82, 2.24) is 24.8 Å². The Morgan fingerprint density at radius 2 is 2.00 bits per heavy atom. The number of aromatic nitrogens is 4. The van der Waals surface area contributed by atoms with Gasteiger partial charge in [0.05, 0.1) is 24.7 Å². The van der Waals surface area contributed by atoms with Crippen molar-refractivity contribution in [3.8, 4) is 11.3 Å². The van der Waals surface area contributed by atoms with Gasteiger partial charge in [0.15, 0.2) is 0 Å². The number of anilines is 1. The summed E-state index contributed by atoms with van der Waals surface area (Å²) in [5, 5.41) is 10.1. The Labute approximate surface area is 140 Å². The molecule has 0 unspecified atom stereocenters. The van der Waals surface area contributed by atoms with Crippen LogP contribution in [0, 0.1) is 0 Å². The average Bonchev–Trinajstić information content (AvgIpc) is 3.10. The molecule has 1 aliphatic rings. The molecule has 3 aromatic rings. The average molecular weight is 324 g/mol. The van der Waals surface area contributed by atoms with Crippen molar-refractivity contribution in [3.63, 3.8) is 0 Å². The molecule has 2 N–H and O–H groups in total. The van der Waals surface area contributed by atoms with Crippen molar-refractivity contribution in [2.75, 3.05) is 44.2 Å². The first-order valence-corrected chi connectivity index (χ1v) is 8.17. The van der Waals surface area contributed by atoms with E-state index in [4.69, 9.17) is 10.1 Å². The molecule has 4 heterocycles. The highest BCUT2D eigenvalue weighted by molar-refractivity contribution is 5.80. The third-order valence-electron chi connectivity index (χ3n) is 4.43. The minimum atomic E-state index is 0.212. The van der Waals surface area contributed by atoms with E-state index < -0.39 is 0 Å². The van der Waals surface area contributed by atoms with Gasteiger partial charge in [-0.15, -0.1) is 0 Å². The second-order valence-electron chi connectivity index (χ2n) is 5.95. The Morgan fingerprint density at radius 3 is 2.83 bits per heavy atom. The standard InChI is InChI=1S/C17H20N6O/c24-8-7-22-3-5-23(6-4-22)16-12-18-11-15(21-16)14-9-13-1-2-19-17(13)20-10-14/h1-2,9-12,24H,3-8H2,(H,19,20). The Bertz CT molecular complexity index is 825. The van der Waals surface area contributed by atoms with Crippen LogP contribution in [0.3, 0.4) is 0 Å². The minimum absolute atomic E-state index is 0.212. The van der Waals surface area contributed by atoms with Gasteiger partial charge in [-0.2, -0.15) is 0 Å². The Hall–Kier alpha value is -2.51. The zero-order chi connectivity index (χ0) is 16.4. The van der Waals surface area contributed by atoms with Crippen LogP contribution in [0.1, 0.15) is 0 Å². The van der Waals surface area contributed by atoms with Crippen LogP contribution >= 0.6 is 0 Å². The number of H-pyrrole nitrogens is 1. The highest BCUT2D eigenvalue weighted by Crippen LogP contribution is 2.22. The fourth-order valence-corrected chi connectivity index (χ4v) is 3.07. The fraction of sp³-hybridized carbons (Fsp3) is 0.353. The Morgan fingerprint density at radius 1 is 1.12 bits per heavy atom. The summed E-state index contributed by atoms with van der Waals surface area (Å²) in [5.74, 6) is 0.894. The Kier molecular flexibility index (Phi) is 4.10. The Balaban J connectivity index is 1.55. The van der Waals surface area contributed by atoms with Gasteiger partial charge in [0.25, 0.3) is 0 Å². The molecule has 1 aliphatic heterocycles. The molecule has 0 spiro atoms. The summed E-state index contributed by atoms with van der Waals surface area (Å²) in [6.45, 7) is 4.61. The zero-order valence-electron chi connectivity index (χ0n) is 13.4. The predicted molar refractivity (Wildman–Crippen MR) is 92.9 cm³/mol. The molecule has 0 aliphatic carbocycles. The number of pyridine rings is 1. The first-order chi connectivity index (χ1) is 11.8. The van der Waals surface area contributed by atoms with E-state index in [0.29, 0.717) is 0 Å². The summed E-state index contributed by atoms with van der Waals surface area (Å²) in [4.78, 5) is 21.2. The topological polar surface area (TPSA) is 81.2 Å². The van der Waals surface area contributed by atoms with E-state index in [0.717, 1.165) is 60.8 Å². The maximum absolute atomic E-state index is 9.04. The van der Waals surface area contributed by atoms with Gasteiger partial charge in [-0.1, -0.05) is 0 Å². The lowest BCUT2D eigenvalue weighted by atomic mass is 10.2. The zero-order valence-corrected chi connectivity index (χ0v) is 13.4. The highest BCUT2D eigenvalue weighted by Gasteiger charge is 2.18. The SMILES string of the molecule is OCCN1CCN(c2cncc(-c3cnc4[nH]ccc4c3)n2)CC1. The van der Waals surface area contributed by atoms with Crippen LogP contribution in [0.4, 0.5) is 5.82 Å². The molecular weight excluding hydrogens is 304 g/mol. The summed E-state index contributed by atoms with van der Waals surface area (Å²) in [6, 6.07) is 4.08. The van der Waals surface area contributed by atoms with Crippen molar-refractivity contribution in [1.29, 1.82) is 0 Å². The van der Waals surface area contributed by atoms with E-state index in [-0.39, 0.29) is 6.61 Å². The van der Waals surface area contributed by atoms with Crippen molar-refractivity contribution in [2.24, 2.45) is 0 Å². The number of piperazine rings is 1. The molecule has 1 fully saturated rings. The van der Waals surface area contributed by atoms with Crippen LogP contribution in [-0.4, -0.2) is 69.3 Å². The molecule has 0 saturated carbocycles. The minimum Gasteiger partial charge on any atom is -0.395 e. The van der Waals surface area contributed by atoms with Crippen LogP contribution in [-0.2, 0) is 0 Å². The lowest BCUT2D eigenvalue weighted by Crippen LogP contribution is -2.47. The van der Waals surface area contributed by atoms with Gasteiger partial charge in [-0.25, -0.2) is 9.97 Å². The maximum Gasteiger partial charge on any atom is 0.147 e. The van der Waals surface area contributed by atoms with Crippen LogP contribution in [0.25, 0.3) is 22.3 Å². The third kappa shape index (κ3) is 2.95. The predicted octanol–water partition coefficient (Wildman–Crippen LogP) is 1.13. The van der Waals surface area contributed by atoms with Crippen LogP contribution in [0.15, 0.2) is 36.9 Å². The number of fused-ring (bicyclic) bond motifs is 1. The first kappa shape index (κ1) is 15.0. The maximum atomic E-state index is 9.04. The molecular formula is C17H20N6O. The first-order valence-electron chi connectivity index (χ1n) is 8.17. The largest absolute Gasteiger partial charge is 0.395 e. The van der Waals surface area contributed by atoms with Gasteiger partial charge >= 0.3 is 0 Å². The molecule has 4 rings (SSSR count). The summed E-state index contributed by atoms with van der Waals surface area (Å²) in [5.41, 5.74) is 2.68. The number of hydrogen-bond donors (Lipinski definition) is 2. The monoisotopic (exact) mass is 324 g/mol. The van der Waals surface area contributed by atoms with E-state index in [9.17, 15) is 0 Å². The molecule has 124 valence electrons. The smallest absolute Gasteiger partial charge is 0.147 e. The van der Waals surface area contributed by atoms with E-state index >= 15 is 0 Å². The number of aromatic amines is 1. The number of rotatable bonds is 4. The molecule has 1 saturated heterocycles. The van der Waals surface area contributed by atoms with E-state index in [1.165, 1.54) is 0 Å². The van der Waals surface area contributed by atoms with Crippen LogP contribution < -0.4 is 4.90 Å². The van der Waals surface area contributed by atoms with E-state index in [2.05, 4.69) is 30.8 Å². The van der Waals surface area contributed by atoms with Gasteiger partial charge in [-0.05, 0) is 12.1 Å². The summed E-state index contributed by atoms with van der Waals surface area (Å²) >= 11 is 0. The third-order valence-corrected chi connectivity index (χ3v) is 4.43. The second kappa shape index (κ2) is 6.54. The molecule has 0 radical (unpaired) electrons. The van der Waals surface area contributed by atoms with Crippen LogP contribution in [0.2, 0.25) is 0 Å². The molecule has 0 atom stereocenters. The molecule has 7 nitrogen and oxygen atoms in total. The highest BCUT2D eigenvalue weighted by atomic mass is 16.3. The molecule has 0 amide bonds. The molecule has 0 aromatic carbocycles. The number of nitrogens with zero attached hydrogens (tertiary/aromatic N) is 5. The second-order valence-corrected chi connectivity index (χ2v) is 5.95. The number of hydrogen-bond acceptors (Lipinski definition) is 6. The molecule has 3 aromatic heterocycles. The lowest BCUT2D eigenvalue weighted by molar-refractivity contribution is 0.188. The number of nitrogens with one attached hydrogen (secondary N) is 1. The van der Waals surface area contributed by atoms with Gasteiger partial charge in [0, 0.05) is 56.1 Å². The summed E-state index contributed by atoms with van der Waals surface area (Å²) in [6.07, 6.45) is 7.30. The van der Waals surface area contributed by atoms with Crippen LogP contribution in [0.5, 0.6) is 0 Å². The van der Waals surface area contributed by atoms with Crippen molar-refractivity contribution in [2.45, 2.75) is 0 Å². The quantitative estimate of drug-likeness (QED) is 0.749. The van der Waals surface area contributed by atoms with Crippen molar-refractivity contribution >= 4 is 16.9 Å². The van der Waals surface area contributed by atoms with Crippen molar-refractivity contribution in [3.05, 3.63) is 36.9 Å². The molecule has 7 heteroatoms. The molecule has 0 bridgehead atoms.